The second-order valence-corrected chi connectivity index (χ2v) is 6.49. The van der Waals surface area contributed by atoms with E-state index in [1.54, 1.807) is 41.1 Å². The van der Waals surface area contributed by atoms with Gasteiger partial charge < -0.3 is 15.4 Å². The summed E-state index contributed by atoms with van der Waals surface area (Å²) in [7, 11) is 5.30. The second-order valence-electron chi connectivity index (χ2n) is 6.49. The highest BCUT2D eigenvalue weighted by molar-refractivity contribution is 5.55. The third-order valence-corrected chi connectivity index (χ3v) is 4.48. The molecule has 0 amide bonds. The van der Waals surface area contributed by atoms with E-state index in [-0.39, 0.29) is 5.56 Å². The quantitative estimate of drug-likeness (QED) is 0.437. The number of nitrogens with zero attached hydrogens (tertiary/aromatic N) is 7. The standard InChI is InChI=1S/C10H13N5O.C9H11N5O/c1-7-8(6-12-15(7)2)13-10-11-5-4-9(14-10)16-3;1-6-7(5-11-14(6)2)12-9-10-4-3-8(15)13-9/h4-6H,1-3H3,(H,11,13,14);3-5H,1-2H3,(H2,10,12,13,15). The van der Waals surface area contributed by atoms with Crippen LogP contribution in [0.25, 0.3) is 0 Å². The smallest absolute Gasteiger partial charge is 0.252 e. The molecule has 12 heteroatoms. The number of aryl methyl sites for hydroxylation is 2. The van der Waals surface area contributed by atoms with Crippen molar-refractivity contribution in [1.29, 1.82) is 0 Å². The van der Waals surface area contributed by atoms with Crippen molar-refractivity contribution >= 4 is 23.3 Å². The molecule has 0 unspecified atom stereocenters. The summed E-state index contributed by atoms with van der Waals surface area (Å²) >= 11 is 0. The Kier molecular flexibility index (Phi) is 6.60. The van der Waals surface area contributed by atoms with Gasteiger partial charge in [0.1, 0.15) is 0 Å². The van der Waals surface area contributed by atoms with Gasteiger partial charge in [-0.25, -0.2) is 9.97 Å². The summed E-state index contributed by atoms with van der Waals surface area (Å²) < 4.78 is 8.54. The number of aromatic amines is 1. The van der Waals surface area contributed by atoms with Crippen LogP contribution in [0.1, 0.15) is 11.4 Å². The maximum Gasteiger partial charge on any atom is 0.252 e. The summed E-state index contributed by atoms with van der Waals surface area (Å²) in [6.45, 7) is 3.89. The Morgan fingerprint density at radius 2 is 1.55 bits per heavy atom. The third-order valence-electron chi connectivity index (χ3n) is 4.48. The van der Waals surface area contributed by atoms with E-state index in [1.165, 1.54) is 12.3 Å². The van der Waals surface area contributed by atoms with E-state index in [0.29, 0.717) is 17.8 Å². The van der Waals surface area contributed by atoms with Gasteiger partial charge in [-0.1, -0.05) is 0 Å². The van der Waals surface area contributed by atoms with Crippen LogP contribution in [0.5, 0.6) is 5.88 Å². The lowest BCUT2D eigenvalue weighted by molar-refractivity contribution is 0.397. The molecule has 0 saturated carbocycles. The van der Waals surface area contributed by atoms with Gasteiger partial charge in [-0.3, -0.25) is 19.1 Å². The molecule has 31 heavy (non-hydrogen) atoms. The highest BCUT2D eigenvalue weighted by Crippen LogP contribution is 2.18. The molecule has 0 fully saturated rings. The number of nitrogens with one attached hydrogen (secondary N) is 3. The fourth-order valence-corrected chi connectivity index (χ4v) is 2.44. The molecule has 0 aliphatic heterocycles. The van der Waals surface area contributed by atoms with E-state index in [1.807, 2.05) is 27.9 Å². The molecule has 0 aliphatic rings. The lowest BCUT2D eigenvalue weighted by atomic mass is 10.4. The summed E-state index contributed by atoms with van der Waals surface area (Å²) in [6, 6.07) is 3.06. The topological polar surface area (TPSA) is 140 Å². The zero-order chi connectivity index (χ0) is 22.4. The molecule has 4 rings (SSSR count). The zero-order valence-electron chi connectivity index (χ0n) is 17.9. The first-order chi connectivity index (χ1) is 14.9. The van der Waals surface area contributed by atoms with Crippen LogP contribution in [0.2, 0.25) is 0 Å². The molecule has 12 nitrogen and oxygen atoms in total. The van der Waals surface area contributed by atoms with Crippen molar-refractivity contribution in [3.05, 3.63) is 58.7 Å². The predicted molar refractivity (Wildman–Crippen MR) is 116 cm³/mol. The van der Waals surface area contributed by atoms with Crippen LogP contribution in [0, 0.1) is 13.8 Å². The molecule has 0 aliphatic carbocycles. The van der Waals surface area contributed by atoms with Crippen molar-refractivity contribution in [3.63, 3.8) is 0 Å². The van der Waals surface area contributed by atoms with Gasteiger partial charge in [-0.15, -0.1) is 0 Å². The second kappa shape index (κ2) is 9.52. The van der Waals surface area contributed by atoms with E-state index >= 15 is 0 Å². The molecule has 4 aromatic heterocycles. The van der Waals surface area contributed by atoms with Gasteiger partial charge in [-0.2, -0.15) is 15.2 Å². The van der Waals surface area contributed by atoms with Crippen LogP contribution < -0.4 is 20.9 Å². The van der Waals surface area contributed by atoms with Gasteiger partial charge in [0.15, 0.2) is 0 Å². The Bertz CT molecular complexity index is 1210. The molecule has 0 saturated heterocycles. The fourth-order valence-electron chi connectivity index (χ4n) is 2.44. The first-order valence-corrected chi connectivity index (χ1v) is 9.31. The molecule has 3 N–H and O–H groups in total. The van der Waals surface area contributed by atoms with Crippen molar-refractivity contribution < 1.29 is 4.74 Å². The van der Waals surface area contributed by atoms with Gasteiger partial charge in [0, 0.05) is 38.6 Å². The Balaban J connectivity index is 0.000000176. The van der Waals surface area contributed by atoms with Crippen molar-refractivity contribution in [2.24, 2.45) is 14.1 Å². The summed E-state index contributed by atoms with van der Waals surface area (Å²) in [5, 5.41) is 14.3. The van der Waals surface area contributed by atoms with Gasteiger partial charge in [0.05, 0.1) is 42.3 Å². The lowest BCUT2D eigenvalue weighted by Crippen LogP contribution is -2.08. The monoisotopic (exact) mass is 424 g/mol. The van der Waals surface area contributed by atoms with Crippen LogP contribution in [0.3, 0.4) is 0 Å². The average molecular weight is 424 g/mol. The first kappa shape index (κ1) is 21.5. The highest BCUT2D eigenvalue weighted by atomic mass is 16.5. The number of hydrogen-bond acceptors (Lipinski definition) is 9. The number of methoxy groups -OCH3 is 1. The fraction of sp³-hybridized carbons (Fsp3) is 0.263. The zero-order valence-corrected chi connectivity index (χ0v) is 17.9. The minimum Gasteiger partial charge on any atom is -0.481 e. The summed E-state index contributed by atoms with van der Waals surface area (Å²) in [5.74, 6) is 1.44. The molecule has 0 radical (unpaired) electrons. The maximum atomic E-state index is 11.0. The van der Waals surface area contributed by atoms with Crippen LogP contribution in [0.4, 0.5) is 23.3 Å². The van der Waals surface area contributed by atoms with Crippen molar-refractivity contribution in [2.45, 2.75) is 13.8 Å². The van der Waals surface area contributed by atoms with Crippen molar-refractivity contribution in [3.8, 4) is 5.88 Å². The molecule has 4 heterocycles. The van der Waals surface area contributed by atoms with E-state index in [4.69, 9.17) is 4.74 Å². The lowest BCUT2D eigenvalue weighted by Gasteiger charge is -2.04. The molecule has 4 aromatic rings. The van der Waals surface area contributed by atoms with Crippen molar-refractivity contribution in [2.75, 3.05) is 17.7 Å². The van der Waals surface area contributed by atoms with Gasteiger partial charge in [0.25, 0.3) is 5.56 Å². The Labute approximate surface area is 178 Å². The average Bonchev–Trinajstić information content (AvgIpc) is 3.25. The minimum atomic E-state index is -0.186. The first-order valence-electron chi connectivity index (χ1n) is 9.31. The molecule has 162 valence electrons. The van der Waals surface area contributed by atoms with Gasteiger partial charge in [-0.05, 0) is 13.8 Å². The summed E-state index contributed by atoms with van der Waals surface area (Å²) in [5.41, 5.74) is 3.52. The predicted octanol–water partition coefficient (Wildman–Crippen LogP) is 1.83. The maximum absolute atomic E-state index is 11.0. The number of aromatic nitrogens is 8. The number of H-pyrrole nitrogens is 1. The summed E-state index contributed by atoms with van der Waals surface area (Å²) in [6.07, 6.45) is 6.51. The van der Waals surface area contributed by atoms with E-state index in [2.05, 4.69) is 40.8 Å². The molecule has 0 bridgehead atoms. The number of ether oxygens (including phenoxy) is 1. The van der Waals surface area contributed by atoms with Crippen LogP contribution in [-0.4, -0.2) is 46.6 Å². The molecular weight excluding hydrogens is 400 g/mol. The highest BCUT2D eigenvalue weighted by Gasteiger charge is 2.06. The van der Waals surface area contributed by atoms with Crippen LogP contribution in [0.15, 0.2) is 41.7 Å². The van der Waals surface area contributed by atoms with Crippen LogP contribution in [-0.2, 0) is 14.1 Å². The summed E-state index contributed by atoms with van der Waals surface area (Å²) in [4.78, 5) is 25.8. The van der Waals surface area contributed by atoms with E-state index < -0.39 is 0 Å². The Hall–Kier alpha value is -4.22. The van der Waals surface area contributed by atoms with Crippen LogP contribution >= 0.6 is 0 Å². The van der Waals surface area contributed by atoms with E-state index in [9.17, 15) is 4.79 Å². The van der Waals surface area contributed by atoms with E-state index in [0.717, 1.165) is 22.8 Å². The largest absolute Gasteiger partial charge is 0.481 e. The number of anilines is 4. The Morgan fingerprint density at radius 1 is 0.935 bits per heavy atom. The molecule has 0 aromatic carbocycles. The Morgan fingerprint density at radius 3 is 2.10 bits per heavy atom. The third kappa shape index (κ3) is 5.44. The molecular formula is C19H24N10O2. The SMILES string of the molecule is COc1ccnc(Nc2cnn(C)c2C)n1.Cc1c(Nc2nccc(=O)[nH]2)cnn1C. The number of rotatable bonds is 5. The minimum absolute atomic E-state index is 0.186. The van der Waals surface area contributed by atoms with Gasteiger partial charge >= 0.3 is 0 Å². The molecule has 0 spiro atoms. The van der Waals surface area contributed by atoms with Crippen molar-refractivity contribution in [1.82, 2.24) is 39.5 Å². The van der Waals surface area contributed by atoms with Gasteiger partial charge in [0.2, 0.25) is 17.8 Å². The number of hydrogen-bond donors (Lipinski definition) is 3. The normalized spacial score (nSPS) is 10.2. The molecule has 0 atom stereocenters.